The third-order valence-electron chi connectivity index (χ3n) is 1.29. The molecule has 0 amide bonds. The maximum absolute atomic E-state index is 2.16. The van der Waals surface area contributed by atoms with E-state index in [0.717, 1.165) is 0 Å². The minimum atomic E-state index is 1.34. The standard InChI is InChI=1S/C8H6S3/c1-3-9-4-2-7(1)8-10-5-6-11-8/h1-6H. The first-order chi connectivity index (χ1) is 5.47. The number of hydrogen-bond acceptors (Lipinski definition) is 3. The highest BCUT2D eigenvalue weighted by atomic mass is 32.2. The zero-order valence-electron chi connectivity index (χ0n) is 5.69. The molecule has 11 heavy (non-hydrogen) atoms. The first-order valence-electron chi connectivity index (χ1n) is 3.18. The van der Waals surface area contributed by atoms with Crippen LogP contribution in [0, 0.1) is 0 Å². The molecule has 0 spiro atoms. The van der Waals surface area contributed by atoms with E-state index in [1.807, 2.05) is 0 Å². The lowest BCUT2D eigenvalue weighted by Gasteiger charge is -2.02. The monoisotopic (exact) mass is 198 g/mol. The van der Waals surface area contributed by atoms with Crippen molar-refractivity contribution in [2.45, 2.75) is 0 Å². The van der Waals surface area contributed by atoms with Gasteiger partial charge in [-0.05, 0) is 39.4 Å². The minimum absolute atomic E-state index is 1.34. The van der Waals surface area contributed by atoms with Crippen molar-refractivity contribution in [2.24, 2.45) is 0 Å². The Bertz CT molecular complexity index is 247. The van der Waals surface area contributed by atoms with Crippen molar-refractivity contribution in [3.8, 4) is 0 Å². The largest absolute Gasteiger partial charge is 0.106 e. The molecule has 0 saturated heterocycles. The molecule has 0 nitrogen and oxygen atoms in total. The third kappa shape index (κ3) is 1.78. The van der Waals surface area contributed by atoms with Gasteiger partial charge in [-0.3, -0.25) is 0 Å². The van der Waals surface area contributed by atoms with Gasteiger partial charge in [-0.2, -0.15) is 0 Å². The van der Waals surface area contributed by atoms with Crippen LogP contribution in [0.3, 0.4) is 0 Å². The van der Waals surface area contributed by atoms with Crippen LogP contribution in [0.25, 0.3) is 0 Å². The second-order valence-corrected chi connectivity index (χ2v) is 4.90. The first-order valence-corrected chi connectivity index (χ1v) is 5.88. The third-order valence-corrected chi connectivity index (χ3v) is 4.07. The van der Waals surface area contributed by atoms with Gasteiger partial charge < -0.3 is 0 Å². The molecule has 0 saturated carbocycles. The molecule has 2 rings (SSSR count). The molecule has 2 heterocycles. The molecular weight excluding hydrogens is 192 g/mol. The van der Waals surface area contributed by atoms with E-state index in [1.165, 1.54) is 9.81 Å². The number of thioether (sulfide) groups is 3. The van der Waals surface area contributed by atoms with Gasteiger partial charge >= 0.3 is 0 Å². The van der Waals surface area contributed by atoms with Gasteiger partial charge in [0.2, 0.25) is 0 Å². The van der Waals surface area contributed by atoms with Gasteiger partial charge in [0.25, 0.3) is 0 Å². The lowest BCUT2D eigenvalue weighted by molar-refractivity contribution is 1.75. The van der Waals surface area contributed by atoms with Crippen LogP contribution in [0.15, 0.2) is 43.6 Å². The summed E-state index contributed by atoms with van der Waals surface area (Å²) in [5.74, 6) is 0. The zero-order chi connectivity index (χ0) is 7.52. The number of hydrogen-bond donors (Lipinski definition) is 0. The molecule has 2 aliphatic heterocycles. The average molecular weight is 198 g/mol. The summed E-state index contributed by atoms with van der Waals surface area (Å²) in [5.41, 5.74) is 1.34. The molecule has 0 N–H and O–H groups in total. The van der Waals surface area contributed by atoms with E-state index in [2.05, 4.69) is 33.8 Å². The maximum Gasteiger partial charge on any atom is 0.0559 e. The van der Waals surface area contributed by atoms with Crippen LogP contribution < -0.4 is 0 Å². The average Bonchev–Trinajstić information content (AvgIpc) is 2.58. The quantitative estimate of drug-likeness (QED) is 0.579. The highest BCUT2D eigenvalue weighted by molar-refractivity contribution is 8.27. The lowest BCUT2D eigenvalue weighted by Crippen LogP contribution is -1.76. The van der Waals surface area contributed by atoms with Gasteiger partial charge in [0.1, 0.15) is 0 Å². The SMILES string of the molecule is C1=CC(=C2SC=CS2)C=CS1. The molecule has 0 aromatic carbocycles. The van der Waals surface area contributed by atoms with Crippen LogP contribution in [0.2, 0.25) is 0 Å². The van der Waals surface area contributed by atoms with E-state index in [1.54, 1.807) is 35.3 Å². The van der Waals surface area contributed by atoms with Crippen molar-refractivity contribution >= 4 is 35.3 Å². The van der Waals surface area contributed by atoms with Gasteiger partial charge in [0.15, 0.2) is 0 Å². The molecular formula is C8H6S3. The van der Waals surface area contributed by atoms with Crippen LogP contribution in [0.1, 0.15) is 0 Å². The van der Waals surface area contributed by atoms with Crippen LogP contribution in [0.4, 0.5) is 0 Å². The Kier molecular flexibility index (Phi) is 2.51. The fourth-order valence-corrected chi connectivity index (χ4v) is 3.14. The molecule has 0 bridgehead atoms. The van der Waals surface area contributed by atoms with Gasteiger partial charge in [-0.25, -0.2) is 0 Å². The Hall–Kier alpha value is 0.01000. The van der Waals surface area contributed by atoms with Crippen LogP contribution in [-0.4, -0.2) is 0 Å². The van der Waals surface area contributed by atoms with Crippen molar-refractivity contribution in [1.29, 1.82) is 0 Å². The summed E-state index contributed by atoms with van der Waals surface area (Å²) in [6, 6.07) is 0. The number of rotatable bonds is 0. The van der Waals surface area contributed by atoms with Crippen molar-refractivity contribution in [3.05, 3.63) is 43.6 Å². The molecule has 0 unspecified atom stereocenters. The molecule has 56 valence electrons. The molecule has 0 radical (unpaired) electrons. The van der Waals surface area contributed by atoms with Gasteiger partial charge in [0, 0.05) is 0 Å². The van der Waals surface area contributed by atoms with Crippen molar-refractivity contribution in [2.75, 3.05) is 0 Å². The molecule has 3 heteroatoms. The van der Waals surface area contributed by atoms with E-state index >= 15 is 0 Å². The molecule has 2 aliphatic rings. The van der Waals surface area contributed by atoms with Gasteiger partial charge in [-0.1, -0.05) is 23.5 Å². The van der Waals surface area contributed by atoms with Crippen molar-refractivity contribution in [1.82, 2.24) is 0 Å². The molecule has 0 aromatic heterocycles. The van der Waals surface area contributed by atoms with Crippen molar-refractivity contribution in [3.63, 3.8) is 0 Å². The Balaban J connectivity index is 2.24. The summed E-state index contributed by atoms with van der Waals surface area (Å²) in [7, 11) is 0. The summed E-state index contributed by atoms with van der Waals surface area (Å²) in [4.78, 5) is 0. The second-order valence-electron chi connectivity index (χ2n) is 1.99. The van der Waals surface area contributed by atoms with Gasteiger partial charge in [0.05, 0.1) is 4.24 Å². The molecule has 0 aromatic rings. The fraction of sp³-hybridized carbons (Fsp3) is 0. The van der Waals surface area contributed by atoms with E-state index in [-0.39, 0.29) is 0 Å². The molecule has 0 fully saturated rings. The van der Waals surface area contributed by atoms with Gasteiger partial charge in [-0.15, -0.1) is 11.8 Å². The smallest absolute Gasteiger partial charge is 0.0559 e. The summed E-state index contributed by atoms with van der Waals surface area (Å²) >= 11 is 5.32. The second kappa shape index (κ2) is 3.61. The predicted octanol–water partition coefficient (Wildman–Crippen LogP) is 3.92. The highest BCUT2D eigenvalue weighted by Crippen LogP contribution is 2.41. The normalized spacial score (nSPS) is 21.8. The van der Waals surface area contributed by atoms with E-state index < -0.39 is 0 Å². The Morgan fingerprint density at radius 2 is 1.45 bits per heavy atom. The first kappa shape index (κ1) is 7.65. The minimum Gasteiger partial charge on any atom is -0.106 e. The van der Waals surface area contributed by atoms with Crippen LogP contribution in [-0.2, 0) is 0 Å². The van der Waals surface area contributed by atoms with Crippen LogP contribution in [0.5, 0.6) is 0 Å². The highest BCUT2D eigenvalue weighted by Gasteiger charge is 2.06. The molecule has 0 aliphatic carbocycles. The summed E-state index contributed by atoms with van der Waals surface area (Å²) in [5, 5.41) is 8.47. The van der Waals surface area contributed by atoms with E-state index in [0.29, 0.717) is 0 Å². The summed E-state index contributed by atoms with van der Waals surface area (Å²) in [6.07, 6.45) is 4.32. The lowest BCUT2D eigenvalue weighted by atomic mass is 10.3. The fourth-order valence-electron chi connectivity index (χ4n) is 0.805. The Labute approximate surface area is 78.9 Å². The Morgan fingerprint density at radius 3 is 2.09 bits per heavy atom. The topological polar surface area (TPSA) is 0 Å². The Morgan fingerprint density at radius 1 is 0.818 bits per heavy atom. The summed E-state index contributed by atoms with van der Waals surface area (Å²) < 4.78 is 1.39. The zero-order valence-corrected chi connectivity index (χ0v) is 8.14. The van der Waals surface area contributed by atoms with E-state index in [4.69, 9.17) is 0 Å². The number of allylic oxidation sites excluding steroid dienone is 3. The van der Waals surface area contributed by atoms with Crippen LogP contribution >= 0.6 is 35.3 Å². The summed E-state index contributed by atoms with van der Waals surface area (Å²) in [6.45, 7) is 0. The van der Waals surface area contributed by atoms with Crippen molar-refractivity contribution < 1.29 is 0 Å². The van der Waals surface area contributed by atoms with E-state index in [9.17, 15) is 0 Å². The predicted molar refractivity (Wildman–Crippen MR) is 57.2 cm³/mol. The molecule has 0 atom stereocenters. The maximum atomic E-state index is 2.16.